The molecule has 1 heterocycles. The van der Waals surface area contributed by atoms with Gasteiger partial charge < -0.3 is 4.74 Å². The minimum absolute atomic E-state index is 0.449. The zero-order chi connectivity index (χ0) is 17.6. The molecule has 1 aliphatic heterocycles. The molecule has 0 aliphatic carbocycles. The summed E-state index contributed by atoms with van der Waals surface area (Å²) < 4.78 is 4.89. The lowest BCUT2D eigenvalue weighted by atomic mass is 9.47. The first-order valence-electron chi connectivity index (χ1n) is 8.14. The molecule has 0 bridgehead atoms. The van der Waals surface area contributed by atoms with Crippen molar-refractivity contribution in [3.8, 4) is 0 Å². The van der Waals surface area contributed by atoms with Gasteiger partial charge >= 0.3 is 11.9 Å². The molecule has 0 spiro atoms. The normalized spacial score (nSPS) is 17.2. The van der Waals surface area contributed by atoms with E-state index >= 15 is 0 Å². The van der Waals surface area contributed by atoms with Crippen molar-refractivity contribution >= 4 is 11.9 Å². The van der Waals surface area contributed by atoms with Gasteiger partial charge in [-0.05, 0) is 11.1 Å². The highest BCUT2D eigenvalue weighted by atomic mass is 16.6. The Labute approximate surface area is 142 Å². The first-order valence-corrected chi connectivity index (χ1v) is 8.14. The van der Waals surface area contributed by atoms with Crippen LogP contribution in [0.5, 0.6) is 0 Å². The Morgan fingerprint density at radius 1 is 0.667 bits per heavy atom. The summed E-state index contributed by atoms with van der Waals surface area (Å²) in [5.74, 6) is -0.898. The van der Waals surface area contributed by atoms with Gasteiger partial charge in [0.05, 0.1) is 0 Å². The zero-order valence-electron chi connectivity index (χ0n) is 14.5. The molecule has 0 aromatic heterocycles. The van der Waals surface area contributed by atoms with Gasteiger partial charge in [-0.3, -0.25) is 9.59 Å². The second kappa shape index (κ2) is 5.30. The molecule has 0 radical (unpaired) electrons. The predicted octanol–water partition coefficient (Wildman–Crippen LogP) is 4.01. The molecular formula is C21H22O3. The number of carbonyl (C=O) groups excluding carboxylic acids is 2. The molecule has 3 heteroatoms. The summed E-state index contributed by atoms with van der Waals surface area (Å²) in [4.78, 5) is 25.5. The van der Waals surface area contributed by atoms with Crippen molar-refractivity contribution in [1.82, 2.24) is 0 Å². The quantitative estimate of drug-likeness (QED) is 0.631. The van der Waals surface area contributed by atoms with E-state index in [1.54, 1.807) is 0 Å². The van der Waals surface area contributed by atoms with E-state index in [1.807, 2.05) is 88.4 Å². The van der Waals surface area contributed by atoms with Gasteiger partial charge in [-0.1, -0.05) is 88.4 Å². The van der Waals surface area contributed by atoms with Crippen molar-refractivity contribution in [3.05, 3.63) is 71.8 Å². The summed E-state index contributed by atoms with van der Waals surface area (Å²) in [5, 5.41) is 0. The Hall–Kier alpha value is -2.42. The van der Waals surface area contributed by atoms with Gasteiger partial charge in [0, 0.05) is 10.8 Å². The van der Waals surface area contributed by atoms with Crippen molar-refractivity contribution in [2.24, 2.45) is 5.41 Å². The van der Waals surface area contributed by atoms with E-state index < -0.39 is 28.2 Å². The number of benzene rings is 2. The number of cyclic esters (lactones) is 2. The third-order valence-corrected chi connectivity index (χ3v) is 5.66. The van der Waals surface area contributed by atoms with Crippen molar-refractivity contribution in [2.45, 2.75) is 38.5 Å². The monoisotopic (exact) mass is 322 g/mol. The number of ether oxygens (including phenoxy) is 1. The highest BCUT2D eigenvalue weighted by Crippen LogP contribution is 2.59. The molecule has 1 fully saturated rings. The van der Waals surface area contributed by atoms with Crippen LogP contribution in [0.1, 0.15) is 38.8 Å². The lowest BCUT2D eigenvalue weighted by Crippen LogP contribution is -2.71. The number of carbonyl (C=O) groups is 2. The molecule has 3 rings (SSSR count). The van der Waals surface area contributed by atoms with Crippen molar-refractivity contribution in [3.63, 3.8) is 0 Å². The van der Waals surface area contributed by atoms with Crippen LogP contribution in [0.25, 0.3) is 0 Å². The van der Waals surface area contributed by atoms with Crippen LogP contribution in [0, 0.1) is 5.41 Å². The molecular weight excluding hydrogens is 300 g/mol. The molecule has 24 heavy (non-hydrogen) atoms. The summed E-state index contributed by atoms with van der Waals surface area (Å²) >= 11 is 0. The molecule has 2 aromatic rings. The Morgan fingerprint density at radius 2 is 1.00 bits per heavy atom. The maximum Gasteiger partial charge on any atom is 0.333 e. The molecule has 0 unspecified atom stereocenters. The molecule has 3 nitrogen and oxygen atoms in total. The summed E-state index contributed by atoms with van der Waals surface area (Å²) in [6, 6.07) is 19.4. The summed E-state index contributed by atoms with van der Waals surface area (Å²) in [6.07, 6.45) is 0. The standard InChI is InChI=1S/C21H22O3/c1-19(2,15-11-7-5-8-12-15)21(17(22)24-18(21)23)20(3,4)16-13-9-6-10-14-16/h5-14H,1-4H3. The van der Waals surface area contributed by atoms with E-state index in [0.717, 1.165) is 11.1 Å². The van der Waals surface area contributed by atoms with Crippen LogP contribution in [0.4, 0.5) is 0 Å². The van der Waals surface area contributed by atoms with Gasteiger partial charge in [0.25, 0.3) is 0 Å². The number of rotatable bonds is 4. The highest BCUT2D eigenvalue weighted by Gasteiger charge is 2.74. The van der Waals surface area contributed by atoms with Crippen LogP contribution in [0.3, 0.4) is 0 Å². The van der Waals surface area contributed by atoms with E-state index in [9.17, 15) is 9.59 Å². The van der Waals surface area contributed by atoms with Gasteiger partial charge in [-0.25, -0.2) is 0 Å². The lowest BCUT2D eigenvalue weighted by molar-refractivity contribution is -0.211. The number of hydrogen-bond acceptors (Lipinski definition) is 3. The average Bonchev–Trinajstić information content (AvgIpc) is 2.56. The van der Waals surface area contributed by atoms with Crippen LogP contribution >= 0.6 is 0 Å². The smallest absolute Gasteiger partial charge is 0.333 e. The third-order valence-electron chi connectivity index (χ3n) is 5.66. The molecule has 2 aromatic carbocycles. The van der Waals surface area contributed by atoms with Crippen LogP contribution in [0.15, 0.2) is 60.7 Å². The molecule has 0 atom stereocenters. The number of esters is 2. The molecule has 1 saturated heterocycles. The maximum absolute atomic E-state index is 12.8. The van der Waals surface area contributed by atoms with E-state index in [0.29, 0.717) is 0 Å². The van der Waals surface area contributed by atoms with Gasteiger partial charge in [0.15, 0.2) is 5.41 Å². The Balaban J connectivity index is 2.24. The third kappa shape index (κ3) is 1.90. The summed E-state index contributed by atoms with van der Waals surface area (Å²) in [5.41, 5.74) is -0.791. The predicted molar refractivity (Wildman–Crippen MR) is 92.5 cm³/mol. The second-order valence-electron chi connectivity index (χ2n) is 7.41. The Morgan fingerprint density at radius 3 is 1.29 bits per heavy atom. The number of hydrogen-bond donors (Lipinski definition) is 0. The molecule has 0 amide bonds. The Bertz CT molecular complexity index is 706. The average molecular weight is 322 g/mol. The van der Waals surface area contributed by atoms with Crippen molar-refractivity contribution in [1.29, 1.82) is 0 Å². The molecule has 0 N–H and O–H groups in total. The van der Waals surface area contributed by atoms with Gasteiger partial charge in [0.2, 0.25) is 0 Å². The first kappa shape index (κ1) is 16.4. The lowest BCUT2D eigenvalue weighted by Gasteiger charge is -2.56. The van der Waals surface area contributed by atoms with Crippen LogP contribution in [0.2, 0.25) is 0 Å². The minimum atomic E-state index is -1.26. The molecule has 0 saturated carbocycles. The van der Waals surface area contributed by atoms with E-state index in [1.165, 1.54) is 0 Å². The zero-order valence-corrected chi connectivity index (χ0v) is 14.5. The van der Waals surface area contributed by atoms with Crippen LogP contribution < -0.4 is 0 Å². The van der Waals surface area contributed by atoms with E-state index in [-0.39, 0.29) is 0 Å². The van der Waals surface area contributed by atoms with Gasteiger partial charge in [-0.15, -0.1) is 0 Å². The molecule has 124 valence electrons. The van der Waals surface area contributed by atoms with E-state index in [2.05, 4.69) is 0 Å². The summed E-state index contributed by atoms with van der Waals surface area (Å²) in [7, 11) is 0. The topological polar surface area (TPSA) is 43.4 Å². The highest BCUT2D eigenvalue weighted by molar-refractivity contribution is 6.17. The van der Waals surface area contributed by atoms with Crippen molar-refractivity contribution < 1.29 is 14.3 Å². The fourth-order valence-electron chi connectivity index (χ4n) is 4.22. The van der Waals surface area contributed by atoms with Crippen LogP contribution in [-0.4, -0.2) is 11.9 Å². The SMILES string of the molecule is CC(C)(c1ccccc1)C1(C(C)(C)c2ccccc2)C(=O)OC1=O. The second-order valence-corrected chi connectivity index (χ2v) is 7.41. The van der Waals surface area contributed by atoms with Crippen LogP contribution in [-0.2, 0) is 25.2 Å². The Kier molecular flexibility index (Phi) is 3.63. The first-order chi connectivity index (χ1) is 11.3. The van der Waals surface area contributed by atoms with Gasteiger partial charge in [0.1, 0.15) is 0 Å². The summed E-state index contributed by atoms with van der Waals surface area (Å²) in [6.45, 7) is 7.80. The largest absolute Gasteiger partial charge is 0.391 e. The molecule has 1 aliphatic rings. The fourth-order valence-corrected chi connectivity index (χ4v) is 4.22. The van der Waals surface area contributed by atoms with Crippen molar-refractivity contribution in [2.75, 3.05) is 0 Å². The fraction of sp³-hybridized carbons (Fsp3) is 0.333. The minimum Gasteiger partial charge on any atom is -0.391 e. The van der Waals surface area contributed by atoms with Gasteiger partial charge in [-0.2, -0.15) is 0 Å². The maximum atomic E-state index is 12.8. The van der Waals surface area contributed by atoms with E-state index in [4.69, 9.17) is 4.74 Å².